The molecular weight excluding hydrogens is 709 g/mol. The third-order valence-electron chi connectivity index (χ3n) is 7.74. The highest BCUT2D eigenvalue weighted by Crippen LogP contribution is 2.43. The lowest BCUT2D eigenvalue weighted by Crippen LogP contribution is -2.37. The second-order valence-electron chi connectivity index (χ2n) is 14.1. The number of carbonyl (C=O) groups excluding carboxylic acids is 1. The number of allylic oxidation sites excluding steroid dienone is 20. The van der Waals surface area contributed by atoms with Crippen LogP contribution in [0, 0.1) is 0 Å². The molecule has 0 amide bonds. The van der Waals surface area contributed by atoms with E-state index in [4.69, 9.17) is 13.8 Å². The van der Waals surface area contributed by atoms with E-state index in [2.05, 4.69) is 128 Å². The highest BCUT2D eigenvalue weighted by Gasteiger charge is 2.24. The van der Waals surface area contributed by atoms with Crippen molar-refractivity contribution in [2.75, 3.05) is 47.5 Å². The van der Waals surface area contributed by atoms with Gasteiger partial charge in [-0.15, -0.1) is 0 Å². The van der Waals surface area contributed by atoms with Crippen molar-refractivity contribution in [1.29, 1.82) is 0 Å². The normalized spacial score (nSPS) is 15.1. The van der Waals surface area contributed by atoms with Gasteiger partial charge in [0.05, 0.1) is 27.7 Å². The van der Waals surface area contributed by atoms with Crippen molar-refractivity contribution in [2.24, 2.45) is 0 Å². The van der Waals surface area contributed by atoms with Crippen LogP contribution in [0.5, 0.6) is 0 Å². The van der Waals surface area contributed by atoms with Gasteiger partial charge in [0.25, 0.3) is 0 Å². The number of carbonyl (C=O) groups is 1. The number of rotatable bonds is 35. The molecule has 0 aliphatic carbocycles. The number of phosphoric acid groups is 1. The summed E-state index contributed by atoms with van der Waals surface area (Å²) in [7, 11) is 1.52. The van der Waals surface area contributed by atoms with Gasteiger partial charge in [0.1, 0.15) is 25.9 Å². The summed E-state index contributed by atoms with van der Waals surface area (Å²) in [6, 6.07) is 0. The molecule has 0 spiro atoms. The summed E-state index contributed by atoms with van der Waals surface area (Å²) in [6.45, 7) is 1.97. The summed E-state index contributed by atoms with van der Waals surface area (Å²) in [5.74, 6) is -0.403. The van der Waals surface area contributed by atoms with Gasteiger partial charge >= 0.3 is 13.8 Å². The molecule has 0 fully saturated rings. The zero-order chi connectivity index (χ0) is 40.6. The quantitative estimate of drug-likeness (QED) is 0.0217. The second-order valence-corrected chi connectivity index (χ2v) is 15.6. The summed E-state index contributed by atoms with van der Waals surface area (Å²) in [4.78, 5) is 21.6. The van der Waals surface area contributed by atoms with Gasteiger partial charge in [-0.2, -0.15) is 0 Å². The van der Waals surface area contributed by atoms with Crippen molar-refractivity contribution in [3.63, 3.8) is 0 Å². The van der Waals surface area contributed by atoms with Gasteiger partial charge in [-0.1, -0.05) is 141 Å². The highest BCUT2D eigenvalue weighted by atomic mass is 31.2. The minimum Gasteiger partial charge on any atom is -0.463 e. The van der Waals surface area contributed by atoms with E-state index in [0.29, 0.717) is 11.0 Å². The van der Waals surface area contributed by atoms with Crippen LogP contribution in [0.1, 0.15) is 110 Å². The second kappa shape index (κ2) is 37.8. The summed E-state index contributed by atoms with van der Waals surface area (Å²) in [6.07, 6.45) is 58.0. The SMILES string of the molecule is CC/C=C\C/C=C\C/C=C\C/C=C\C/C=C\C/C=C\C/C=C\C/C=C\C/C=C\C/C=C\CCCCCCC(=O)OCC(O)COP(=O)(O)OCC[N+](C)(C)C. The van der Waals surface area contributed by atoms with E-state index in [0.717, 1.165) is 96.3 Å². The molecule has 0 bridgehead atoms. The van der Waals surface area contributed by atoms with E-state index >= 15 is 0 Å². The van der Waals surface area contributed by atoms with Crippen LogP contribution in [-0.4, -0.2) is 74.1 Å². The van der Waals surface area contributed by atoms with Gasteiger partial charge in [-0.05, 0) is 83.5 Å². The molecule has 2 unspecified atom stereocenters. The van der Waals surface area contributed by atoms with Crippen LogP contribution >= 0.6 is 7.82 Å². The molecule has 0 aliphatic rings. The van der Waals surface area contributed by atoms with Gasteiger partial charge in [0.15, 0.2) is 0 Å². The Bertz CT molecular complexity index is 1280. The van der Waals surface area contributed by atoms with Crippen LogP contribution in [-0.2, 0) is 23.1 Å². The predicted molar refractivity (Wildman–Crippen MR) is 233 cm³/mol. The van der Waals surface area contributed by atoms with E-state index in [1.807, 2.05) is 21.1 Å². The first kappa shape index (κ1) is 51.9. The van der Waals surface area contributed by atoms with E-state index < -0.39 is 26.5 Å². The molecule has 0 aromatic heterocycles. The number of quaternary nitrogens is 1. The summed E-state index contributed by atoms with van der Waals surface area (Å²) < 4.78 is 27.2. The Labute approximate surface area is 335 Å². The molecule has 0 rings (SSSR count). The van der Waals surface area contributed by atoms with Gasteiger partial charge in [0.2, 0.25) is 0 Å². The number of nitrogens with zero attached hydrogens (tertiary/aromatic N) is 1. The van der Waals surface area contributed by atoms with Crippen LogP contribution in [0.4, 0.5) is 0 Å². The van der Waals surface area contributed by atoms with Crippen LogP contribution in [0.15, 0.2) is 122 Å². The zero-order valence-corrected chi connectivity index (χ0v) is 35.5. The molecule has 0 saturated carbocycles. The summed E-state index contributed by atoms with van der Waals surface area (Å²) in [5, 5.41) is 9.90. The van der Waals surface area contributed by atoms with Gasteiger partial charge < -0.3 is 19.2 Å². The standard InChI is InChI=1S/C46H74NO7P/c1-5-6-7-8-9-10-11-12-13-14-15-16-17-18-19-20-21-22-23-24-25-26-27-28-29-30-31-32-33-34-35-36-37-38-39-40-46(49)52-43-45(48)44-54-55(50,51)53-42-41-47(2,3)4/h6-7,9-10,12-13,15-16,18-19,21-22,24-25,27-28,30-31,33-34,45,48H,5,8,11,14,17,20,23,26,29,32,35-44H2,1-4H3/p+1/b7-6-,10-9-,13-12-,16-15-,19-18-,22-21-,25-24-,28-27-,31-30-,34-33-. The molecule has 0 aromatic carbocycles. The van der Waals surface area contributed by atoms with E-state index in [-0.39, 0.29) is 19.6 Å². The van der Waals surface area contributed by atoms with Crippen LogP contribution in [0.2, 0.25) is 0 Å². The zero-order valence-electron chi connectivity index (χ0n) is 34.6. The molecule has 310 valence electrons. The lowest BCUT2D eigenvalue weighted by atomic mass is 10.1. The Balaban J connectivity index is 3.68. The first-order valence-electron chi connectivity index (χ1n) is 20.3. The van der Waals surface area contributed by atoms with Crippen molar-refractivity contribution >= 4 is 13.8 Å². The van der Waals surface area contributed by atoms with Gasteiger partial charge in [-0.3, -0.25) is 13.8 Å². The molecule has 2 atom stereocenters. The number of phosphoric ester groups is 1. The monoisotopic (exact) mass is 785 g/mol. The van der Waals surface area contributed by atoms with Gasteiger partial charge in [-0.25, -0.2) is 4.57 Å². The summed E-state index contributed by atoms with van der Waals surface area (Å²) in [5.41, 5.74) is 0. The van der Waals surface area contributed by atoms with Crippen LogP contribution in [0.3, 0.4) is 0 Å². The maximum Gasteiger partial charge on any atom is 0.472 e. The first-order chi connectivity index (χ1) is 26.6. The number of hydrogen-bond donors (Lipinski definition) is 2. The average Bonchev–Trinajstić information content (AvgIpc) is 3.14. The van der Waals surface area contributed by atoms with Crippen LogP contribution in [0.25, 0.3) is 0 Å². The molecule has 8 nitrogen and oxygen atoms in total. The Morgan fingerprint density at radius 1 is 0.564 bits per heavy atom. The highest BCUT2D eigenvalue weighted by molar-refractivity contribution is 7.47. The Hall–Kier alpha value is -3.10. The molecule has 55 heavy (non-hydrogen) atoms. The predicted octanol–water partition coefficient (Wildman–Crippen LogP) is 11.6. The first-order valence-corrected chi connectivity index (χ1v) is 21.8. The maximum absolute atomic E-state index is 11.9. The number of likely N-dealkylation sites (N-methyl/N-ethyl adjacent to an activating group) is 1. The molecule has 0 aliphatic heterocycles. The Morgan fingerprint density at radius 3 is 1.35 bits per heavy atom. The average molecular weight is 785 g/mol. The summed E-state index contributed by atoms with van der Waals surface area (Å²) >= 11 is 0. The minimum absolute atomic E-state index is 0.0429. The molecule has 0 heterocycles. The third kappa shape index (κ3) is 43.5. The lowest BCUT2D eigenvalue weighted by Gasteiger charge is -2.24. The molecule has 0 aromatic rings. The molecule has 0 radical (unpaired) electrons. The number of aliphatic hydroxyl groups is 1. The largest absolute Gasteiger partial charge is 0.472 e. The fourth-order valence-electron chi connectivity index (χ4n) is 4.57. The number of unbranched alkanes of at least 4 members (excludes halogenated alkanes) is 4. The topological polar surface area (TPSA) is 102 Å². The fraction of sp³-hybridized carbons (Fsp3) is 0.543. The van der Waals surface area contributed by atoms with E-state index in [1.165, 1.54) is 0 Å². The van der Waals surface area contributed by atoms with E-state index in [1.54, 1.807) is 0 Å². The maximum atomic E-state index is 11.9. The lowest BCUT2D eigenvalue weighted by molar-refractivity contribution is -0.870. The number of esters is 1. The van der Waals surface area contributed by atoms with E-state index in [9.17, 15) is 19.4 Å². The van der Waals surface area contributed by atoms with Crippen molar-refractivity contribution in [1.82, 2.24) is 0 Å². The molecule has 9 heteroatoms. The molecule has 0 saturated heterocycles. The smallest absolute Gasteiger partial charge is 0.463 e. The Kier molecular flexibility index (Phi) is 35.7. The van der Waals surface area contributed by atoms with Crippen LogP contribution < -0.4 is 0 Å². The Morgan fingerprint density at radius 2 is 0.945 bits per heavy atom. The van der Waals surface area contributed by atoms with Crippen molar-refractivity contribution in [3.05, 3.63) is 122 Å². The number of ether oxygens (including phenoxy) is 1. The van der Waals surface area contributed by atoms with Crippen molar-refractivity contribution < 1.29 is 37.6 Å². The minimum atomic E-state index is -4.27. The van der Waals surface area contributed by atoms with Crippen molar-refractivity contribution in [2.45, 2.75) is 116 Å². The molecular formula is C46H75NO7P+. The fourth-order valence-corrected chi connectivity index (χ4v) is 5.31. The third-order valence-corrected chi connectivity index (χ3v) is 8.72. The van der Waals surface area contributed by atoms with Crippen molar-refractivity contribution in [3.8, 4) is 0 Å². The molecule has 2 N–H and O–H groups in total. The number of aliphatic hydroxyl groups excluding tert-OH is 1. The number of hydrogen-bond acceptors (Lipinski definition) is 6. The van der Waals surface area contributed by atoms with Gasteiger partial charge in [0, 0.05) is 6.42 Å².